The predicted molar refractivity (Wildman–Crippen MR) is 98.9 cm³/mol. The number of rotatable bonds is 5. The molecule has 1 saturated heterocycles. The molecule has 2 aromatic rings. The van der Waals surface area contributed by atoms with Crippen molar-refractivity contribution in [3.63, 3.8) is 0 Å². The Balaban J connectivity index is 1.84. The van der Waals surface area contributed by atoms with Gasteiger partial charge in [0, 0.05) is 18.2 Å². The molecule has 1 amide bonds. The van der Waals surface area contributed by atoms with Crippen molar-refractivity contribution in [1.82, 2.24) is 5.32 Å². The van der Waals surface area contributed by atoms with Crippen LogP contribution in [0.4, 0.5) is 18.9 Å². The normalized spacial score (nSPS) is 19.7. The van der Waals surface area contributed by atoms with E-state index in [1.165, 1.54) is 26.0 Å². The van der Waals surface area contributed by atoms with Gasteiger partial charge in [0.15, 0.2) is 11.6 Å². The van der Waals surface area contributed by atoms with E-state index in [2.05, 4.69) is 17.2 Å². The first kappa shape index (κ1) is 19.0. The summed E-state index contributed by atoms with van der Waals surface area (Å²) in [4.78, 5) is 12.3. The van der Waals surface area contributed by atoms with E-state index < -0.39 is 23.2 Å². The van der Waals surface area contributed by atoms with Crippen molar-refractivity contribution in [2.24, 2.45) is 5.92 Å². The molecule has 1 aliphatic rings. The zero-order chi connectivity index (χ0) is 19.8. The summed E-state index contributed by atoms with van der Waals surface area (Å²) in [5, 5.41) is 5.50. The Morgan fingerprint density at radius 2 is 1.85 bits per heavy atom. The van der Waals surface area contributed by atoms with Gasteiger partial charge in [0.2, 0.25) is 5.91 Å². The molecule has 6 heteroatoms. The largest absolute Gasteiger partial charge is 0.356 e. The van der Waals surface area contributed by atoms with Crippen LogP contribution in [0.25, 0.3) is 0 Å². The van der Waals surface area contributed by atoms with Crippen molar-refractivity contribution in [2.75, 3.05) is 11.9 Å². The molecule has 2 unspecified atom stereocenters. The number of halogens is 3. The lowest BCUT2D eigenvalue weighted by Gasteiger charge is -2.22. The molecule has 1 fully saturated rings. The van der Waals surface area contributed by atoms with Gasteiger partial charge in [-0.2, -0.15) is 0 Å². The van der Waals surface area contributed by atoms with Gasteiger partial charge in [0.25, 0.3) is 0 Å². The molecule has 1 heterocycles. The van der Waals surface area contributed by atoms with Gasteiger partial charge >= 0.3 is 0 Å². The third-order valence-corrected chi connectivity index (χ3v) is 4.83. The summed E-state index contributed by atoms with van der Waals surface area (Å²) in [6, 6.07) is 10.7. The molecule has 0 aliphatic carbocycles. The SMILES string of the molecule is C=C(Nc1cccc(F)c1F)C1C(=O)NCC1c1ccc(C(C)(C)F)cc1. The van der Waals surface area contributed by atoms with Crippen LogP contribution in [-0.4, -0.2) is 12.5 Å². The lowest BCUT2D eigenvalue weighted by molar-refractivity contribution is -0.121. The topological polar surface area (TPSA) is 41.1 Å². The van der Waals surface area contributed by atoms with Crippen molar-refractivity contribution in [3.05, 3.63) is 77.5 Å². The van der Waals surface area contributed by atoms with Crippen LogP contribution in [0.15, 0.2) is 54.7 Å². The minimum absolute atomic E-state index is 0.0759. The van der Waals surface area contributed by atoms with Crippen molar-refractivity contribution >= 4 is 11.6 Å². The van der Waals surface area contributed by atoms with Gasteiger partial charge < -0.3 is 10.6 Å². The molecule has 0 radical (unpaired) electrons. The van der Waals surface area contributed by atoms with Gasteiger partial charge in [0.05, 0.1) is 11.6 Å². The van der Waals surface area contributed by atoms with Crippen LogP contribution in [0.3, 0.4) is 0 Å². The summed E-state index contributed by atoms with van der Waals surface area (Å²) in [6.07, 6.45) is 0. The van der Waals surface area contributed by atoms with Gasteiger partial charge in [-0.05, 0) is 37.1 Å². The van der Waals surface area contributed by atoms with Crippen molar-refractivity contribution in [3.8, 4) is 0 Å². The fraction of sp³-hybridized carbons (Fsp3) is 0.286. The smallest absolute Gasteiger partial charge is 0.229 e. The number of benzene rings is 2. The van der Waals surface area contributed by atoms with Crippen LogP contribution in [0.1, 0.15) is 30.9 Å². The molecule has 1 aliphatic heterocycles. The van der Waals surface area contributed by atoms with Crippen LogP contribution >= 0.6 is 0 Å². The molecule has 2 N–H and O–H groups in total. The highest BCUT2D eigenvalue weighted by Gasteiger charge is 2.38. The van der Waals surface area contributed by atoms with E-state index in [1.807, 2.05) is 0 Å². The minimum atomic E-state index is -1.46. The first-order valence-corrected chi connectivity index (χ1v) is 8.65. The van der Waals surface area contributed by atoms with E-state index in [-0.39, 0.29) is 23.2 Å². The van der Waals surface area contributed by atoms with Gasteiger partial charge in [-0.1, -0.05) is 36.9 Å². The monoisotopic (exact) mass is 374 g/mol. The van der Waals surface area contributed by atoms with E-state index in [9.17, 15) is 18.0 Å². The molecule has 3 rings (SSSR count). The molecule has 2 atom stereocenters. The van der Waals surface area contributed by atoms with Crippen LogP contribution in [0.5, 0.6) is 0 Å². The van der Waals surface area contributed by atoms with E-state index >= 15 is 0 Å². The van der Waals surface area contributed by atoms with E-state index in [0.717, 1.165) is 11.6 Å². The molecule has 0 bridgehead atoms. The lowest BCUT2D eigenvalue weighted by Crippen LogP contribution is -2.24. The Morgan fingerprint density at radius 3 is 2.48 bits per heavy atom. The average molecular weight is 374 g/mol. The number of carbonyl (C=O) groups excluding carboxylic acids is 1. The number of alkyl halides is 1. The molecule has 0 saturated carbocycles. The molecule has 0 aromatic heterocycles. The third-order valence-electron chi connectivity index (χ3n) is 4.83. The maximum atomic E-state index is 14.1. The first-order chi connectivity index (χ1) is 12.7. The van der Waals surface area contributed by atoms with Crippen molar-refractivity contribution in [1.29, 1.82) is 0 Å². The summed E-state index contributed by atoms with van der Waals surface area (Å²) in [5.74, 6) is -3.15. The van der Waals surface area contributed by atoms with Crippen LogP contribution < -0.4 is 10.6 Å². The summed E-state index contributed by atoms with van der Waals surface area (Å²) >= 11 is 0. The maximum Gasteiger partial charge on any atom is 0.229 e. The van der Waals surface area contributed by atoms with Crippen LogP contribution in [-0.2, 0) is 10.5 Å². The van der Waals surface area contributed by atoms with Crippen molar-refractivity contribution < 1.29 is 18.0 Å². The number of hydrogen-bond donors (Lipinski definition) is 2. The Bertz CT molecular complexity index is 872. The quantitative estimate of drug-likeness (QED) is 0.802. The molecule has 142 valence electrons. The average Bonchev–Trinajstić information content (AvgIpc) is 3.00. The van der Waals surface area contributed by atoms with Gasteiger partial charge in [-0.3, -0.25) is 4.79 Å². The molecule has 27 heavy (non-hydrogen) atoms. The summed E-state index contributed by atoms with van der Waals surface area (Å²) in [6.45, 7) is 7.20. The molecule has 2 aromatic carbocycles. The summed E-state index contributed by atoms with van der Waals surface area (Å²) < 4.78 is 41.4. The highest BCUT2D eigenvalue weighted by atomic mass is 19.2. The van der Waals surface area contributed by atoms with Crippen molar-refractivity contribution in [2.45, 2.75) is 25.4 Å². The van der Waals surface area contributed by atoms with E-state index in [4.69, 9.17) is 0 Å². The Kier molecular flexibility index (Phi) is 5.00. The van der Waals surface area contributed by atoms with E-state index in [0.29, 0.717) is 12.1 Å². The number of hydrogen-bond acceptors (Lipinski definition) is 2. The number of nitrogens with one attached hydrogen (secondary N) is 2. The Labute approximate surface area is 156 Å². The lowest BCUT2D eigenvalue weighted by atomic mass is 9.85. The van der Waals surface area contributed by atoms with Gasteiger partial charge in [0.1, 0.15) is 5.67 Å². The second kappa shape index (κ2) is 7.10. The number of amides is 1. The standard InChI is InChI=1S/C21H21F3N2O/c1-12(26-17-6-4-5-16(22)19(17)23)18-15(11-25-20(18)27)13-7-9-14(10-8-13)21(2,3)24/h4-10,15,18,26H,1,11H2,2-3H3,(H,25,27). The predicted octanol–water partition coefficient (Wildman–Crippen LogP) is 4.62. The molecule has 3 nitrogen and oxygen atoms in total. The minimum Gasteiger partial charge on any atom is -0.356 e. The number of carbonyl (C=O) groups is 1. The molecular formula is C21H21F3N2O. The number of anilines is 1. The van der Waals surface area contributed by atoms with Gasteiger partial charge in [-0.15, -0.1) is 0 Å². The summed E-state index contributed by atoms with van der Waals surface area (Å²) in [7, 11) is 0. The van der Waals surface area contributed by atoms with Crippen LogP contribution in [0.2, 0.25) is 0 Å². The molecular weight excluding hydrogens is 353 g/mol. The Morgan fingerprint density at radius 1 is 1.19 bits per heavy atom. The summed E-state index contributed by atoms with van der Waals surface area (Å²) in [5.41, 5.74) is 0.122. The fourth-order valence-electron chi connectivity index (χ4n) is 3.31. The second-order valence-corrected chi connectivity index (χ2v) is 7.18. The first-order valence-electron chi connectivity index (χ1n) is 8.65. The zero-order valence-corrected chi connectivity index (χ0v) is 15.2. The molecule has 0 spiro atoms. The van der Waals surface area contributed by atoms with Crippen LogP contribution in [0, 0.1) is 17.6 Å². The fourth-order valence-corrected chi connectivity index (χ4v) is 3.31. The van der Waals surface area contributed by atoms with E-state index in [1.54, 1.807) is 24.3 Å². The maximum absolute atomic E-state index is 14.1. The third kappa shape index (κ3) is 3.84. The Hall–Kier alpha value is -2.76. The zero-order valence-electron chi connectivity index (χ0n) is 15.2. The second-order valence-electron chi connectivity index (χ2n) is 7.18. The highest BCUT2D eigenvalue weighted by Crippen LogP contribution is 2.35. The highest BCUT2D eigenvalue weighted by molar-refractivity contribution is 5.86. The van der Waals surface area contributed by atoms with Gasteiger partial charge in [-0.25, -0.2) is 13.2 Å².